The number of anilines is 1. The van der Waals surface area contributed by atoms with E-state index in [1.54, 1.807) is 23.3 Å². The molecule has 0 fully saturated rings. The first-order valence-corrected chi connectivity index (χ1v) is 15.2. The lowest BCUT2D eigenvalue weighted by molar-refractivity contribution is 0.0285. The van der Waals surface area contributed by atoms with Gasteiger partial charge in [-0.2, -0.15) is 5.10 Å². The van der Waals surface area contributed by atoms with Gasteiger partial charge >= 0.3 is 6.09 Å². The molecule has 222 valence electrons. The molecule has 1 N–H and O–H groups in total. The maximum Gasteiger partial charge on any atom is 0.410 e. The standard InChI is InChI=1S/C35H38N4O3S/c1-23-28-17-16-27(41-22-25-12-8-7-9-13-25)20-30(28)33(38-37-23)36-24(2)31-18-19-32(43-31)29-15-11-10-14-26(29)21-39(6)34(40)42-35(3,4)5/h7-20,24H,21-22H2,1-6H3,(H,36,38)/t24-/m1/s1. The Kier molecular flexibility index (Phi) is 8.97. The second-order valence-corrected chi connectivity index (χ2v) is 12.8. The Morgan fingerprint density at radius 1 is 0.953 bits per heavy atom. The van der Waals surface area contributed by atoms with Gasteiger partial charge in [-0.05, 0) is 81.6 Å². The number of carbonyl (C=O) groups is 1. The van der Waals surface area contributed by atoms with Crippen molar-refractivity contribution in [2.24, 2.45) is 0 Å². The third-order valence-corrected chi connectivity index (χ3v) is 8.29. The van der Waals surface area contributed by atoms with Gasteiger partial charge in [0.15, 0.2) is 5.82 Å². The number of rotatable bonds is 9. The van der Waals surface area contributed by atoms with Crippen LogP contribution in [0.2, 0.25) is 0 Å². The highest BCUT2D eigenvalue weighted by atomic mass is 32.1. The van der Waals surface area contributed by atoms with Crippen LogP contribution < -0.4 is 10.1 Å². The number of ether oxygens (including phenoxy) is 2. The van der Waals surface area contributed by atoms with E-state index in [-0.39, 0.29) is 12.1 Å². The van der Waals surface area contributed by atoms with E-state index >= 15 is 0 Å². The number of hydrogen-bond donors (Lipinski definition) is 1. The maximum atomic E-state index is 12.6. The molecule has 7 nitrogen and oxygen atoms in total. The minimum absolute atomic E-state index is 0.00977. The summed E-state index contributed by atoms with van der Waals surface area (Å²) in [6, 6.07) is 28.7. The topological polar surface area (TPSA) is 76.6 Å². The Morgan fingerprint density at radius 3 is 2.47 bits per heavy atom. The molecule has 0 spiro atoms. The van der Waals surface area contributed by atoms with Crippen molar-refractivity contribution in [3.05, 3.63) is 107 Å². The SMILES string of the molecule is Cc1nnc(N[C@H](C)c2ccc(-c3ccccc3CN(C)C(=O)OC(C)(C)C)s2)c2cc(OCc3ccccc3)ccc12. The molecule has 1 amide bonds. The number of benzene rings is 3. The fourth-order valence-corrected chi connectivity index (χ4v) is 5.84. The van der Waals surface area contributed by atoms with Crippen LogP contribution in [-0.4, -0.2) is 33.8 Å². The van der Waals surface area contributed by atoms with E-state index in [1.807, 2.05) is 76.2 Å². The second kappa shape index (κ2) is 12.8. The second-order valence-electron chi connectivity index (χ2n) is 11.7. The number of fused-ring (bicyclic) bond motifs is 1. The van der Waals surface area contributed by atoms with Crippen molar-refractivity contribution >= 4 is 34.0 Å². The van der Waals surface area contributed by atoms with E-state index in [4.69, 9.17) is 9.47 Å². The summed E-state index contributed by atoms with van der Waals surface area (Å²) < 4.78 is 11.7. The van der Waals surface area contributed by atoms with Gasteiger partial charge in [0.05, 0.1) is 11.7 Å². The summed E-state index contributed by atoms with van der Waals surface area (Å²) >= 11 is 1.72. The number of amides is 1. The molecule has 3 aromatic carbocycles. The summed E-state index contributed by atoms with van der Waals surface area (Å²) in [6.45, 7) is 10.7. The van der Waals surface area contributed by atoms with Crippen molar-refractivity contribution in [2.75, 3.05) is 12.4 Å². The number of aryl methyl sites for hydroxylation is 1. The van der Waals surface area contributed by atoms with Crippen LogP contribution in [0.3, 0.4) is 0 Å². The average molecular weight is 595 g/mol. The van der Waals surface area contributed by atoms with E-state index in [0.717, 1.165) is 48.7 Å². The van der Waals surface area contributed by atoms with E-state index in [9.17, 15) is 4.79 Å². The number of aromatic nitrogens is 2. The monoisotopic (exact) mass is 594 g/mol. The van der Waals surface area contributed by atoms with E-state index in [0.29, 0.717) is 19.0 Å². The zero-order valence-corrected chi connectivity index (χ0v) is 26.4. The van der Waals surface area contributed by atoms with Gasteiger partial charge in [-0.1, -0.05) is 54.6 Å². The fourth-order valence-electron chi connectivity index (χ4n) is 4.77. The zero-order chi connectivity index (χ0) is 30.6. The first-order chi connectivity index (χ1) is 20.6. The third-order valence-electron chi connectivity index (χ3n) is 6.99. The number of hydrogen-bond acceptors (Lipinski definition) is 7. The van der Waals surface area contributed by atoms with Crippen molar-refractivity contribution in [2.45, 2.75) is 59.4 Å². The molecular formula is C35H38N4O3S. The zero-order valence-electron chi connectivity index (χ0n) is 25.5. The highest BCUT2D eigenvalue weighted by Crippen LogP contribution is 2.36. The average Bonchev–Trinajstić information content (AvgIpc) is 3.48. The van der Waals surface area contributed by atoms with Gasteiger partial charge in [0, 0.05) is 34.1 Å². The Bertz CT molecular complexity index is 1710. The van der Waals surface area contributed by atoms with Crippen molar-refractivity contribution in [1.82, 2.24) is 15.1 Å². The molecule has 0 radical (unpaired) electrons. The number of thiophene rings is 1. The van der Waals surface area contributed by atoms with Crippen LogP contribution in [0.4, 0.5) is 10.6 Å². The van der Waals surface area contributed by atoms with E-state index < -0.39 is 5.60 Å². The number of nitrogens with zero attached hydrogens (tertiary/aromatic N) is 3. The molecule has 0 aliphatic carbocycles. The third kappa shape index (κ3) is 7.51. The van der Waals surface area contributed by atoms with Crippen molar-refractivity contribution in [3.8, 4) is 16.2 Å². The fraction of sp³-hybridized carbons (Fsp3) is 0.286. The quantitative estimate of drug-likeness (QED) is 0.184. The smallest absolute Gasteiger partial charge is 0.410 e. The molecule has 5 rings (SSSR count). The summed E-state index contributed by atoms with van der Waals surface area (Å²) in [6.07, 6.45) is -0.341. The molecule has 0 aliphatic rings. The Morgan fingerprint density at radius 2 is 1.70 bits per heavy atom. The molecule has 2 heterocycles. The minimum Gasteiger partial charge on any atom is -0.489 e. The first-order valence-electron chi connectivity index (χ1n) is 14.4. The molecule has 0 unspecified atom stereocenters. The summed E-state index contributed by atoms with van der Waals surface area (Å²) in [5.41, 5.74) is 3.60. The predicted molar refractivity (Wildman–Crippen MR) is 175 cm³/mol. The molecule has 43 heavy (non-hydrogen) atoms. The molecule has 0 aliphatic heterocycles. The van der Waals surface area contributed by atoms with Crippen LogP contribution in [-0.2, 0) is 17.9 Å². The largest absolute Gasteiger partial charge is 0.489 e. The summed E-state index contributed by atoms with van der Waals surface area (Å²) in [7, 11) is 1.77. The summed E-state index contributed by atoms with van der Waals surface area (Å²) in [5.74, 6) is 1.50. The Labute approximate surface area is 257 Å². The minimum atomic E-state index is -0.541. The van der Waals surface area contributed by atoms with Gasteiger partial charge in [0.25, 0.3) is 0 Å². The molecular weight excluding hydrogens is 556 g/mol. The van der Waals surface area contributed by atoms with Gasteiger partial charge < -0.3 is 19.7 Å². The van der Waals surface area contributed by atoms with Gasteiger partial charge in [0.1, 0.15) is 18.0 Å². The Balaban J connectivity index is 1.33. The summed E-state index contributed by atoms with van der Waals surface area (Å²) in [4.78, 5) is 16.5. The van der Waals surface area contributed by atoms with Gasteiger partial charge in [-0.3, -0.25) is 0 Å². The van der Waals surface area contributed by atoms with Gasteiger partial charge in [-0.15, -0.1) is 16.4 Å². The lowest BCUT2D eigenvalue weighted by atomic mass is 10.1. The molecule has 5 aromatic rings. The van der Waals surface area contributed by atoms with Crippen LogP contribution in [0.1, 0.15) is 55.4 Å². The number of carbonyl (C=O) groups excluding carboxylic acids is 1. The van der Waals surface area contributed by atoms with Crippen molar-refractivity contribution in [1.29, 1.82) is 0 Å². The summed E-state index contributed by atoms with van der Waals surface area (Å²) in [5, 5.41) is 14.5. The van der Waals surface area contributed by atoms with Crippen LogP contribution in [0.15, 0.2) is 84.9 Å². The number of nitrogens with one attached hydrogen (secondary N) is 1. The van der Waals surface area contributed by atoms with Crippen molar-refractivity contribution < 1.29 is 14.3 Å². The van der Waals surface area contributed by atoms with E-state index in [1.165, 1.54) is 0 Å². The van der Waals surface area contributed by atoms with Crippen LogP contribution >= 0.6 is 11.3 Å². The van der Waals surface area contributed by atoms with Crippen LogP contribution in [0.25, 0.3) is 21.2 Å². The van der Waals surface area contributed by atoms with E-state index in [2.05, 4.69) is 58.8 Å². The van der Waals surface area contributed by atoms with Crippen molar-refractivity contribution in [3.63, 3.8) is 0 Å². The molecule has 0 saturated carbocycles. The molecule has 2 aromatic heterocycles. The molecule has 8 heteroatoms. The molecule has 0 bridgehead atoms. The highest BCUT2D eigenvalue weighted by Gasteiger charge is 2.21. The molecule has 0 saturated heterocycles. The maximum absolute atomic E-state index is 12.6. The predicted octanol–water partition coefficient (Wildman–Crippen LogP) is 8.79. The normalized spacial score (nSPS) is 12.1. The Hall–Kier alpha value is -4.43. The first kappa shape index (κ1) is 30.0. The van der Waals surface area contributed by atoms with Gasteiger partial charge in [0.2, 0.25) is 0 Å². The molecule has 1 atom stereocenters. The van der Waals surface area contributed by atoms with Crippen LogP contribution in [0, 0.1) is 6.92 Å². The van der Waals surface area contributed by atoms with Gasteiger partial charge in [-0.25, -0.2) is 4.79 Å². The van der Waals surface area contributed by atoms with Crippen LogP contribution in [0.5, 0.6) is 5.75 Å². The lowest BCUT2D eigenvalue weighted by Crippen LogP contribution is -2.33. The highest BCUT2D eigenvalue weighted by molar-refractivity contribution is 7.15. The lowest BCUT2D eigenvalue weighted by Gasteiger charge is -2.25.